The molecule has 0 amide bonds. The van der Waals surface area contributed by atoms with E-state index in [-0.39, 0.29) is 0 Å². The maximum atomic E-state index is 5.92. The molecule has 1 saturated heterocycles. The van der Waals surface area contributed by atoms with Crippen LogP contribution in [0.2, 0.25) is 0 Å². The van der Waals surface area contributed by atoms with Gasteiger partial charge in [0.2, 0.25) is 0 Å². The van der Waals surface area contributed by atoms with Crippen LogP contribution in [0.5, 0.6) is 0 Å². The Kier molecular flexibility index (Phi) is 3.98. The predicted molar refractivity (Wildman–Crippen MR) is 65.8 cm³/mol. The highest BCUT2D eigenvalue weighted by atomic mass is 16.5. The third kappa shape index (κ3) is 3.20. The lowest BCUT2D eigenvalue weighted by Crippen LogP contribution is -2.44. The van der Waals surface area contributed by atoms with Crippen molar-refractivity contribution in [1.82, 2.24) is 14.5 Å². The van der Waals surface area contributed by atoms with Crippen LogP contribution in [0.4, 0.5) is 0 Å². The fourth-order valence-electron chi connectivity index (χ4n) is 1.80. The Labute approximate surface area is 101 Å². The standard InChI is InChI=1S/C11H19N5O/c1-10-13-2-4-15(10)5-3-14-11(12)16-6-8-17-9-7-16/h2,4H,3,5-9H2,1H3,(H2,12,14). The van der Waals surface area contributed by atoms with E-state index >= 15 is 0 Å². The summed E-state index contributed by atoms with van der Waals surface area (Å²) in [4.78, 5) is 10.6. The van der Waals surface area contributed by atoms with Crippen LogP contribution in [0.3, 0.4) is 0 Å². The van der Waals surface area contributed by atoms with Crippen molar-refractivity contribution in [2.45, 2.75) is 13.5 Å². The van der Waals surface area contributed by atoms with Crippen molar-refractivity contribution in [3.63, 3.8) is 0 Å². The summed E-state index contributed by atoms with van der Waals surface area (Å²) in [7, 11) is 0. The SMILES string of the molecule is Cc1nccn1CCN=C(N)N1CCOCC1. The summed E-state index contributed by atoms with van der Waals surface area (Å²) in [5.41, 5.74) is 5.92. The van der Waals surface area contributed by atoms with Crippen LogP contribution < -0.4 is 5.73 Å². The van der Waals surface area contributed by atoms with Gasteiger partial charge in [-0.2, -0.15) is 0 Å². The molecular formula is C11H19N5O. The molecule has 0 saturated carbocycles. The van der Waals surface area contributed by atoms with Gasteiger partial charge < -0.3 is 19.9 Å². The van der Waals surface area contributed by atoms with Crippen molar-refractivity contribution >= 4 is 5.96 Å². The molecule has 17 heavy (non-hydrogen) atoms. The third-order valence-electron chi connectivity index (χ3n) is 2.87. The Hall–Kier alpha value is -1.56. The van der Waals surface area contributed by atoms with E-state index in [0.717, 1.165) is 38.7 Å². The molecule has 0 aromatic carbocycles. The molecule has 0 spiro atoms. The molecule has 94 valence electrons. The minimum atomic E-state index is 0.617. The van der Waals surface area contributed by atoms with E-state index in [0.29, 0.717) is 12.5 Å². The molecule has 2 N–H and O–H groups in total. The highest BCUT2D eigenvalue weighted by Gasteiger charge is 2.11. The molecule has 1 aromatic rings. The molecule has 0 radical (unpaired) electrons. The molecule has 2 rings (SSSR count). The third-order valence-corrected chi connectivity index (χ3v) is 2.87. The van der Waals surface area contributed by atoms with E-state index in [2.05, 4.69) is 19.4 Å². The monoisotopic (exact) mass is 237 g/mol. The number of hydrogen-bond donors (Lipinski definition) is 1. The van der Waals surface area contributed by atoms with Crippen LogP contribution in [0.15, 0.2) is 17.4 Å². The summed E-state index contributed by atoms with van der Waals surface area (Å²) in [6.45, 7) is 6.61. The van der Waals surface area contributed by atoms with Crippen molar-refractivity contribution in [3.05, 3.63) is 18.2 Å². The zero-order chi connectivity index (χ0) is 12.1. The molecule has 1 aromatic heterocycles. The highest BCUT2D eigenvalue weighted by molar-refractivity contribution is 5.78. The molecule has 2 heterocycles. The van der Waals surface area contributed by atoms with Gasteiger partial charge in [0.05, 0.1) is 19.8 Å². The van der Waals surface area contributed by atoms with Crippen molar-refractivity contribution in [3.8, 4) is 0 Å². The van der Waals surface area contributed by atoms with E-state index in [1.807, 2.05) is 13.1 Å². The molecule has 0 bridgehead atoms. The van der Waals surface area contributed by atoms with Gasteiger partial charge in [0.15, 0.2) is 5.96 Å². The number of rotatable bonds is 3. The molecule has 0 unspecified atom stereocenters. The zero-order valence-corrected chi connectivity index (χ0v) is 10.2. The Bertz CT molecular complexity index is 381. The molecular weight excluding hydrogens is 218 g/mol. The molecule has 1 fully saturated rings. The van der Waals surface area contributed by atoms with Gasteiger partial charge in [0, 0.05) is 32.0 Å². The van der Waals surface area contributed by atoms with Crippen LogP contribution in [-0.4, -0.2) is 53.3 Å². The smallest absolute Gasteiger partial charge is 0.191 e. The minimum Gasteiger partial charge on any atom is -0.378 e. The second kappa shape index (κ2) is 5.67. The van der Waals surface area contributed by atoms with Gasteiger partial charge in [-0.05, 0) is 6.92 Å². The van der Waals surface area contributed by atoms with Crippen molar-refractivity contribution in [1.29, 1.82) is 0 Å². The first-order chi connectivity index (χ1) is 8.27. The number of aromatic nitrogens is 2. The maximum absolute atomic E-state index is 5.92. The molecule has 0 aliphatic carbocycles. The van der Waals surface area contributed by atoms with E-state index in [9.17, 15) is 0 Å². The number of imidazole rings is 1. The molecule has 6 nitrogen and oxygen atoms in total. The average Bonchev–Trinajstić information content (AvgIpc) is 2.76. The van der Waals surface area contributed by atoms with E-state index in [1.54, 1.807) is 6.20 Å². The van der Waals surface area contributed by atoms with Gasteiger partial charge >= 0.3 is 0 Å². The Balaban J connectivity index is 1.81. The fourth-order valence-corrected chi connectivity index (χ4v) is 1.80. The summed E-state index contributed by atoms with van der Waals surface area (Å²) in [6.07, 6.45) is 3.75. The number of hydrogen-bond acceptors (Lipinski definition) is 3. The molecule has 1 aliphatic rings. The maximum Gasteiger partial charge on any atom is 0.191 e. The average molecular weight is 237 g/mol. The Morgan fingerprint density at radius 1 is 1.53 bits per heavy atom. The van der Waals surface area contributed by atoms with Crippen LogP contribution in [0.1, 0.15) is 5.82 Å². The first kappa shape index (κ1) is 11.9. The van der Waals surface area contributed by atoms with Crippen LogP contribution in [-0.2, 0) is 11.3 Å². The summed E-state index contributed by atoms with van der Waals surface area (Å²) in [6, 6.07) is 0. The first-order valence-electron chi connectivity index (χ1n) is 5.88. The molecule has 1 aliphatic heterocycles. The summed E-state index contributed by atoms with van der Waals surface area (Å²) in [5, 5.41) is 0. The van der Waals surface area contributed by atoms with Crippen molar-refractivity contribution < 1.29 is 4.74 Å². The second-order valence-electron chi connectivity index (χ2n) is 4.01. The summed E-state index contributed by atoms with van der Waals surface area (Å²) in [5.74, 6) is 1.62. The number of aliphatic imine (C=N–C) groups is 1. The van der Waals surface area contributed by atoms with Gasteiger partial charge in [0.1, 0.15) is 5.82 Å². The van der Waals surface area contributed by atoms with E-state index < -0.39 is 0 Å². The largest absolute Gasteiger partial charge is 0.378 e. The zero-order valence-electron chi connectivity index (χ0n) is 10.2. The number of aryl methyl sites for hydroxylation is 1. The summed E-state index contributed by atoms with van der Waals surface area (Å²) >= 11 is 0. The number of nitrogens with two attached hydrogens (primary N) is 1. The topological polar surface area (TPSA) is 68.7 Å². The predicted octanol–water partition coefficient (Wildman–Crippen LogP) is -0.162. The van der Waals surface area contributed by atoms with E-state index in [1.165, 1.54) is 0 Å². The van der Waals surface area contributed by atoms with Gasteiger partial charge in [0.25, 0.3) is 0 Å². The molecule has 0 atom stereocenters. The lowest BCUT2D eigenvalue weighted by Gasteiger charge is -2.27. The minimum absolute atomic E-state index is 0.617. The van der Waals surface area contributed by atoms with E-state index in [4.69, 9.17) is 10.5 Å². The number of nitrogens with zero attached hydrogens (tertiary/aromatic N) is 4. The lowest BCUT2D eigenvalue weighted by molar-refractivity contribution is 0.0674. The van der Waals surface area contributed by atoms with Gasteiger partial charge in [-0.3, -0.25) is 4.99 Å². The van der Waals surface area contributed by atoms with Gasteiger partial charge in [-0.1, -0.05) is 0 Å². The quantitative estimate of drug-likeness (QED) is 0.586. The number of ether oxygens (including phenoxy) is 1. The Morgan fingerprint density at radius 2 is 2.29 bits per heavy atom. The second-order valence-corrected chi connectivity index (χ2v) is 4.01. The summed E-state index contributed by atoms with van der Waals surface area (Å²) < 4.78 is 7.33. The number of morpholine rings is 1. The lowest BCUT2D eigenvalue weighted by atomic mass is 10.4. The fraction of sp³-hybridized carbons (Fsp3) is 0.636. The van der Waals surface area contributed by atoms with Crippen molar-refractivity contribution in [2.24, 2.45) is 10.7 Å². The first-order valence-corrected chi connectivity index (χ1v) is 5.88. The Morgan fingerprint density at radius 3 is 2.94 bits per heavy atom. The highest BCUT2D eigenvalue weighted by Crippen LogP contribution is 1.97. The van der Waals surface area contributed by atoms with Crippen LogP contribution in [0.25, 0.3) is 0 Å². The van der Waals surface area contributed by atoms with Gasteiger partial charge in [-0.25, -0.2) is 4.98 Å². The number of guanidine groups is 1. The van der Waals surface area contributed by atoms with Crippen LogP contribution >= 0.6 is 0 Å². The normalized spacial score (nSPS) is 17.5. The van der Waals surface area contributed by atoms with Gasteiger partial charge in [-0.15, -0.1) is 0 Å². The molecule has 6 heteroatoms. The van der Waals surface area contributed by atoms with Crippen molar-refractivity contribution in [2.75, 3.05) is 32.8 Å². The van der Waals surface area contributed by atoms with Crippen LogP contribution in [0, 0.1) is 6.92 Å².